The van der Waals surface area contributed by atoms with Crippen molar-refractivity contribution in [2.24, 2.45) is 23.2 Å². The second-order valence-corrected chi connectivity index (χ2v) is 9.99. The van der Waals surface area contributed by atoms with E-state index < -0.39 is 12.1 Å². The lowest BCUT2D eigenvalue weighted by molar-refractivity contribution is -0.155. The lowest BCUT2D eigenvalue weighted by Gasteiger charge is -2.56. The Balaban J connectivity index is 1.18. The third-order valence-corrected chi connectivity index (χ3v) is 7.51. The summed E-state index contributed by atoms with van der Waals surface area (Å²) in [6, 6.07) is 0.202. The van der Waals surface area contributed by atoms with E-state index in [-0.39, 0.29) is 29.8 Å². The minimum absolute atomic E-state index is 0.0537. The molecular formula is C22H34N2O4. The molecule has 5 aliphatic carbocycles. The first kappa shape index (κ1) is 19.7. The second kappa shape index (κ2) is 8.03. The Morgan fingerprint density at radius 1 is 1.00 bits per heavy atom. The lowest BCUT2D eigenvalue weighted by atomic mass is 9.49. The molecule has 6 nitrogen and oxygen atoms in total. The minimum Gasteiger partial charge on any atom is -0.451 e. The Hall–Kier alpha value is -1.59. The zero-order chi connectivity index (χ0) is 19.7. The number of nitrogens with one attached hydrogen (secondary N) is 2. The zero-order valence-electron chi connectivity index (χ0n) is 17.0. The predicted octanol–water partition coefficient (Wildman–Crippen LogP) is 2.70. The summed E-state index contributed by atoms with van der Waals surface area (Å²) in [7, 11) is 0. The molecule has 0 aliphatic heterocycles. The fourth-order valence-electron chi connectivity index (χ4n) is 6.76. The molecule has 5 rings (SSSR count). The van der Waals surface area contributed by atoms with Gasteiger partial charge in [-0.1, -0.05) is 12.8 Å². The van der Waals surface area contributed by atoms with Gasteiger partial charge in [-0.15, -0.1) is 0 Å². The Morgan fingerprint density at radius 3 is 2.14 bits per heavy atom. The van der Waals surface area contributed by atoms with Crippen molar-refractivity contribution < 1.29 is 19.1 Å². The number of esters is 1. The first-order chi connectivity index (χ1) is 13.4. The fraction of sp³-hybridized carbons (Fsp3) is 0.864. The van der Waals surface area contributed by atoms with Crippen molar-refractivity contribution >= 4 is 17.8 Å². The van der Waals surface area contributed by atoms with Crippen LogP contribution in [0.4, 0.5) is 0 Å². The normalized spacial score (nSPS) is 34.8. The van der Waals surface area contributed by atoms with Gasteiger partial charge in [-0.3, -0.25) is 14.4 Å². The number of carbonyl (C=O) groups is 3. The van der Waals surface area contributed by atoms with Gasteiger partial charge in [0.1, 0.15) is 6.54 Å². The summed E-state index contributed by atoms with van der Waals surface area (Å²) in [6.07, 6.45) is 11.5. The van der Waals surface area contributed by atoms with E-state index in [0.717, 1.165) is 43.4 Å². The Labute approximate surface area is 167 Å². The van der Waals surface area contributed by atoms with Gasteiger partial charge in [-0.05, 0) is 81.5 Å². The first-order valence-corrected chi connectivity index (χ1v) is 11.2. The van der Waals surface area contributed by atoms with Gasteiger partial charge in [-0.2, -0.15) is 0 Å². The first-order valence-electron chi connectivity index (χ1n) is 11.2. The molecule has 5 aliphatic rings. The highest BCUT2D eigenvalue weighted by atomic mass is 16.5. The van der Waals surface area contributed by atoms with Crippen molar-refractivity contribution in [3.8, 4) is 0 Å². The summed E-state index contributed by atoms with van der Waals surface area (Å²) >= 11 is 0. The number of rotatable bonds is 7. The molecule has 156 valence electrons. The van der Waals surface area contributed by atoms with Crippen LogP contribution in [0.15, 0.2) is 0 Å². The van der Waals surface area contributed by atoms with Gasteiger partial charge in [0, 0.05) is 12.5 Å². The molecule has 0 radical (unpaired) electrons. The fourth-order valence-corrected chi connectivity index (χ4v) is 6.76. The molecule has 5 fully saturated rings. The summed E-state index contributed by atoms with van der Waals surface area (Å²) in [5.41, 5.74) is 0.164. The summed E-state index contributed by atoms with van der Waals surface area (Å²) in [4.78, 5) is 36.6. The molecule has 5 saturated carbocycles. The monoisotopic (exact) mass is 390 g/mol. The maximum Gasteiger partial charge on any atom is 0.326 e. The average Bonchev–Trinajstić information content (AvgIpc) is 3.11. The van der Waals surface area contributed by atoms with Crippen LogP contribution in [-0.4, -0.2) is 36.5 Å². The number of hydrogen-bond donors (Lipinski definition) is 2. The van der Waals surface area contributed by atoms with Gasteiger partial charge in [0.2, 0.25) is 5.91 Å². The molecule has 0 heterocycles. The van der Waals surface area contributed by atoms with Crippen LogP contribution in [0.1, 0.15) is 77.6 Å². The van der Waals surface area contributed by atoms with Gasteiger partial charge >= 0.3 is 5.97 Å². The van der Waals surface area contributed by atoms with Gasteiger partial charge < -0.3 is 15.4 Å². The second-order valence-electron chi connectivity index (χ2n) is 9.99. The van der Waals surface area contributed by atoms with Crippen LogP contribution in [0.25, 0.3) is 0 Å². The molecular weight excluding hydrogens is 356 g/mol. The van der Waals surface area contributed by atoms with Crippen molar-refractivity contribution in [3.05, 3.63) is 0 Å². The van der Waals surface area contributed by atoms with E-state index in [2.05, 4.69) is 10.6 Å². The summed E-state index contributed by atoms with van der Waals surface area (Å²) in [5, 5.41) is 5.66. The van der Waals surface area contributed by atoms with Crippen molar-refractivity contribution in [2.75, 3.05) is 6.54 Å². The highest BCUT2D eigenvalue weighted by molar-refractivity contribution is 5.86. The van der Waals surface area contributed by atoms with Gasteiger partial charge in [0.15, 0.2) is 6.10 Å². The molecule has 6 heteroatoms. The van der Waals surface area contributed by atoms with Crippen molar-refractivity contribution in [3.63, 3.8) is 0 Å². The van der Waals surface area contributed by atoms with E-state index >= 15 is 0 Å². The van der Waals surface area contributed by atoms with Crippen molar-refractivity contribution in [2.45, 2.75) is 89.7 Å². The van der Waals surface area contributed by atoms with Crippen LogP contribution in [-0.2, 0) is 19.1 Å². The number of amides is 2. The third kappa shape index (κ3) is 4.52. The average molecular weight is 391 g/mol. The van der Waals surface area contributed by atoms with Crippen LogP contribution in [0, 0.1) is 23.2 Å². The molecule has 2 N–H and O–H groups in total. The molecule has 0 spiro atoms. The maximum atomic E-state index is 12.5. The molecule has 0 aromatic rings. The highest BCUT2D eigenvalue weighted by Gasteiger charge is 2.51. The molecule has 28 heavy (non-hydrogen) atoms. The Bertz CT molecular complexity index is 591. The molecule has 1 unspecified atom stereocenters. The highest BCUT2D eigenvalue weighted by Crippen LogP contribution is 2.61. The Morgan fingerprint density at radius 2 is 1.57 bits per heavy atom. The van der Waals surface area contributed by atoms with Crippen LogP contribution >= 0.6 is 0 Å². The topological polar surface area (TPSA) is 84.5 Å². The van der Waals surface area contributed by atoms with Crippen molar-refractivity contribution in [1.29, 1.82) is 0 Å². The Kier molecular flexibility index (Phi) is 5.66. The summed E-state index contributed by atoms with van der Waals surface area (Å²) in [6.45, 7) is 1.42. The molecule has 4 bridgehead atoms. The smallest absolute Gasteiger partial charge is 0.326 e. The molecule has 2 amide bonds. The van der Waals surface area contributed by atoms with Gasteiger partial charge in [0.05, 0.1) is 0 Å². The maximum absolute atomic E-state index is 12.5. The predicted molar refractivity (Wildman–Crippen MR) is 104 cm³/mol. The summed E-state index contributed by atoms with van der Waals surface area (Å²) in [5.74, 6) is 1.57. The van der Waals surface area contributed by atoms with E-state index in [1.54, 1.807) is 6.92 Å². The number of hydrogen-bond acceptors (Lipinski definition) is 4. The van der Waals surface area contributed by atoms with Crippen LogP contribution in [0.2, 0.25) is 0 Å². The SMILES string of the molecule is CC(OC(=O)CNC(=O)CC12CC3CC(CC(C3)C1)C2)C(=O)NC1CCCC1. The molecule has 0 aromatic carbocycles. The minimum atomic E-state index is -0.826. The van der Waals surface area contributed by atoms with E-state index in [9.17, 15) is 14.4 Å². The molecule has 1 atom stereocenters. The zero-order valence-corrected chi connectivity index (χ0v) is 17.0. The number of carbonyl (C=O) groups excluding carboxylic acids is 3. The van der Waals surface area contributed by atoms with Gasteiger partial charge in [0.25, 0.3) is 5.91 Å². The summed E-state index contributed by atoms with van der Waals surface area (Å²) < 4.78 is 5.20. The standard InChI is InChI=1S/C22H34N2O4/c1-14(21(27)24-18-4-2-3-5-18)28-20(26)13-23-19(25)12-22-9-15-6-16(10-22)8-17(7-15)11-22/h14-18H,2-13H2,1H3,(H,23,25)(H,24,27). The van der Waals surface area contributed by atoms with Crippen molar-refractivity contribution in [1.82, 2.24) is 10.6 Å². The third-order valence-electron chi connectivity index (χ3n) is 7.51. The quantitative estimate of drug-likeness (QED) is 0.655. The van der Waals surface area contributed by atoms with Crippen LogP contribution in [0.5, 0.6) is 0 Å². The van der Waals surface area contributed by atoms with E-state index in [1.807, 2.05) is 0 Å². The largest absolute Gasteiger partial charge is 0.451 e. The van der Waals surface area contributed by atoms with E-state index in [1.165, 1.54) is 38.5 Å². The van der Waals surface area contributed by atoms with Crippen LogP contribution in [0.3, 0.4) is 0 Å². The van der Waals surface area contributed by atoms with Crippen LogP contribution < -0.4 is 10.6 Å². The van der Waals surface area contributed by atoms with E-state index in [4.69, 9.17) is 4.74 Å². The number of ether oxygens (including phenoxy) is 1. The lowest BCUT2D eigenvalue weighted by Crippen LogP contribution is -2.48. The van der Waals surface area contributed by atoms with Gasteiger partial charge in [-0.25, -0.2) is 0 Å². The molecule has 0 saturated heterocycles. The van der Waals surface area contributed by atoms with E-state index in [0.29, 0.717) is 6.42 Å². The molecule has 0 aromatic heterocycles.